The van der Waals surface area contributed by atoms with Crippen LogP contribution in [0.4, 0.5) is 13.2 Å². The number of nitrogens with zero attached hydrogens (tertiary/aromatic N) is 1. The second-order valence-electron chi connectivity index (χ2n) is 9.47. The van der Waals surface area contributed by atoms with Gasteiger partial charge in [0.2, 0.25) is 0 Å². The van der Waals surface area contributed by atoms with Crippen LogP contribution in [-0.2, 0) is 15.7 Å². The highest BCUT2D eigenvalue weighted by Gasteiger charge is 2.53. The first-order valence-electron chi connectivity index (χ1n) is 11.5. The zero-order valence-electron chi connectivity index (χ0n) is 18.4. The molecule has 33 heavy (non-hydrogen) atoms. The van der Waals surface area contributed by atoms with E-state index in [1.54, 1.807) is 18.3 Å². The summed E-state index contributed by atoms with van der Waals surface area (Å²) in [7, 11) is 0. The maximum absolute atomic E-state index is 13.0. The van der Waals surface area contributed by atoms with Gasteiger partial charge < -0.3 is 10.1 Å². The average molecular weight is 457 g/mol. The Balaban J connectivity index is 1.38. The molecular formula is C26H27F3N2O2. The third-order valence-electron chi connectivity index (χ3n) is 7.57. The van der Waals surface area contributed by atoms with Crippen molar-refractivity contribution in [1.82, 2.24) is 10.3 Å². The molecule has 1 N–H and O–H groups in total. The first-order chi connectivity index (χ1) is 15.8. The van der Waals surface area contributed by atoms with Crippen LogP contribution >= 0.6 is 0 Å². The molecule has 3 fully saturated rings. The van der Waals surface area contributed by atoms with E-state index in [4.69, 9.17) is 4.74 Å². The van der Waals surface area contributed by atoms with Crippen molar-refractivity contribution < 1.29 is 22.7 Å². The summed E-state index contributed by atoms with van der Waals surface area (Å²) in [6, 6.07) is 8.89. The van der Waals surface area contributed by atoms with E-state index in [0.717, 1.165) is 43.8 Å². The Bertz CT molecular complexity index is 1050. The van der Waals surface area contributed by atoms with Crippen molar-refractivity contribution in [2.45, 2.75) is 32.0 Å². The summed E-state index contributed by atoms with van der Waals surface area (Å²) >= 11 is 0. The Labute approximate surface area is 191 Å². The number of carbonyl (C=O) groups is 1. The molecule has 2 saturated heterocycles. The predicted molar refractivity (Wildman–Crippen MR) is 119 cm³/mol. The standard InChI is InChI=1S/C26H27F3N2O2/c1-15-24-22(21-9-10-30-13-18(21)12-23(24)25(32)33-15)8-7-20-6-5-17(14-31-20)16-3-2-4-19(11-16)26(27,28)29/h2-8,11,14-15,18,21-24,30H,9-10,12-13H2,1H3/b8-7+/t15-,18?,21?,22?,23?,24?/m1/s1. The largest absolute Gasteiger partial charge is 0.462 e. The van der Waals surface area contributed by atoms with Crippen LogP contribution in [0.1, 0.15) is 31.0 Å². The van der Waals surface area contributed by atoms with Crippen molar-refractivity contribution in [1.29, 1.82) is 0 Å². The molecule has 0 spiro atoms. The van der Waals surface area contributed by atoms with Crippen molar-refractivity contribution in [2.24, 2.45) is 29.6 Å². The maximum Gasteiger partial charge on any atom is 0.416 e. The minimum absolute atomic E-state index is 0.0490. The zero-order valence-corrected chi connectivity index (χ0v) is 18.4. The molecule has 7 heteroatoms. The van der Waals surface area contributed by atoms with Crippen molar-refractivity contribution >= 4 is 12.0 Å². The molecule has 1 aliphatic carbocycles. The second-order valence-corrected chi connectivity index (χ2v) is 9.47. The molecule has 4 nitrogen and oxygen atoms in total. The van der Waals surface area contributed by atoms with Gasteiger partial charge in [-0.25, -0.2) is 0 Å². The van der Waals surface area contributed by atoms with Crippen LogP contribution in [-0.4, -0.2) is 30.1 Å². The van der Waals surface area contributed by atoms with Gasteiger partial charge in [-0.2, -0.15) is 13.2 Å². The zero-order chi connectivity index (χ0) is 23.2. The summed E-state index contributed by atoms with van der Waals surface area (Å²) in [5, 5.41) is 3.46. The monoisotopic (exact) mass is 456 g/mol. The van der Waals surface area contributed by atoms with Crippen LogP contribution in [0.25, 0.3) is 17.2 Å². The molecule has 6 atom stereocenters. The highest BCUT2D eigenvalue weighted by Crippen LogP contribution is 2.50. The van der Waals surface area contributed by atoms with E-state index in [1.165, 1.54) is 6.07 Å². The lowest BCUT2D eigenvalue weighted by molar-refractivity contribution is -0.144. The van der Waals surface area contributed by atoms with Crippen molar-refractivity contribution in [3.8, 4) is 11.1 Å². The number of cyclic esters (lactones) is 1. The fourth-order valence-corrected chi connectivity index (χ4v) is 6.02. The Morgan fingerprint density at radius 2 is 2.03 bits per heavy atom. The number of halogens is 3. The van der Waals surface area contributed by atoms with Gasteiger partial charge in [0.1, 0.15) is 6.10 Å². The first-order valence-corrected chi connectivity index (χ1v) is 11.5. The molecule has 0 radical (unpaired) electrons. The highest BCUT2D eigenvalue weighted by molar-refractivity contribution is 5.75. The number of allylic oxidation sites excluding steroid dienone is 1. The van der Waals surface area contributed by atoms with Gasteiger partial charge in [0.25, 0.3) is 0 Å². The molecule has 5 rings (SSSR count). The third kappa shape index (κ3) is 4.31. The normalized spacial score (nSPS) is 31.8. The van der Waals surface area contributed by atoms with Gasteiger partial charge >= 0.3 is 12.1 Å². The fraction of sp³-hybridized carbons (Fsp3) is 0.462. The van der Waals surface area contributed by atoms with E-state index >= 15 is 0 Å². The molecule has 3 heterocycles. The lowest BCUT2D eigenvalue weighted by atomic mass is 9.59. The van der Waals surface area contributed by atoms with Crippen LogP contribution in [0.5, 0.6) is 0 Å². The van der Waals surface area contributed by atoms with Crippen molar-refractivity contribution in [3.63, 3.8) is 0 Å². The van der Waals surface area contributed by atoms with Crippen molar-refractivity contribution in [2.75, 3.05) is 13.1 Å². The Kier molecular flexibility index (Phi) is 5.77. The van der Waals surface area contributed by atoms with E-state index in [1.807, 2.05) is 19.1 Å². The lowest BCUT2D eigenvalue weighted by Gasteiger charge is -2.45. The number of ether oxygens (including phenoxy) is 1. The number of pyridine rings is 1. The number of fused-ring (bicyclic) bond motifs is 2. The van der Waals surface area contributed by atoms with Gasteiger partial charge in [0.15, 0.2) is 0 Å². The van der Waals surface area contributed by atoms with Gasteiger partial charge in [0.05, 0.1) is 17.2 Å². The van der Waals surface area contributed by atoms with Gasteiger partial charge in [-0.3, -0.25) is 9.78 Å². The number of carbonyl (C=O) groups excluding carboxylic acids is 1. The van der Waals surface area contributed by atoms with E-state index in [-0.39, 0.29) is 29.8 Å². The molecule has 2 aromatic rings. The van der Waals surface area contributed by atoms with Gasteiger partial charge in [-0.05, 0) is 80.4 Å². The SMILES string of the molecule is C[C@H]1OC(=O)C2CC3CNCCC3C(/C=C/c3ccc(-c4cccc(C(F)(F)F)c4)cn3)C21. The van der Waals surface area contributed by atoms with Crippen LogP contribution in [0.2, 0.25) is 0 Å². The van der Waals surface area contributed by atoms with Crippen LogP contribution < -0.4 is 5.32 Å². The van der Waals surface area contributed by atoms with Crippen LogP contribution in [0.3, 0.4) is 0 Å². The molecule has 5 unspecified atom stereocenters. The molecule has 2 aliphatic heterocycles. The van der Waals surface area contributed by atoms with Crippen LogP contribution in [0, 0.1) is 29.6 Å². The lowest BCUT2D eigenvalue weighted by Crippen LogP contribution is -2.48. The maximum atomic E-state index is 13.0. The smallest absolute Gasteiger partial charge is 0.416 e. The minimum Gasteiger partial charge on any atom is -0.462 e. The third-order valence-corrected chi connectivity index (χ3v) is 7.57. The number of benzene rings is 1. The number of hydrogen-bond donors (Lipinski definition) is 1. The Hall–Kier alpha value is -2.67. The summed E-state index contributed by atoms with van der Waals surface area (Å²) in [6.07, 6.45) is 3.27. The first kappa shape index (κ1) is 22.1. The van der Waals surface area contributed by atoms with Gasteiger partial charge in [-0.15, -0.1) is 0 Å². The summed E-state index contributed by atoms with van der Waals surface area (Å²) in [6.45, 7) is 3.91. The number of esters is 1. The molecule has 0 amide bonds. The number of hydrogen-bond acceptors (Lipinski definition) is 4. The molecule has 3 aliphatic rings. The quantitative estimate of drug-likeness (QED) is 0.645. The predicted octanol–water partition coefficient (Wildman–Crippen LogP) is 5.20. The summed E-state index contributed by atoms with van der Waals surface area (Å²) in [4.78, 5) is 16.9. The topological polar surface area (TPSA) is 51.2 Å². The second kappa shape index (κ2) is 8.60. The number of aromatic nitrogens is 1. The molecule has 174 valence electrons. The number of alkyl halides is 3. The van der Waals surface area contributed by atoms with E-state index in [0.29, 0.717) is 23.0 Å². The number of nitrogens with one attached hydrogen (secondary N) is 1. The Morgan fingerprint density at radius 3 is 2.79 bits per heavy atom. The van der Waals surface area contributed by atoms with E-state index < -0.39 is 11.7 Å². The van der Waals surface area contributed by atoms with Crippen molar-refractivity contribution in [3.05, 3.63) is 59.9 Å². The van der Waals surface area contributed by atoms with Gasteiger partial charge in [0, 0.05) is 17.7 Å². The molecule has 1 aromatic heterocycles. The highest BCUT2D eigenvalue weighted by atomic mass is 19.4. The summed E-state index contributed by atoms with van der Waals surface area (Å²) < 4.78 is 44.7. The van der Waals surface area contributed by atoms with Gasteiger partial charge in [-0.1, -0.05) is 24.3 Å². The molecule has 1 saturated carbocycles. The summed E-state index contributed by atoms with van der Waals surface area (Å²) in [5.74, 6) is 1.26. The fourth-order valence-electron chi connectivity index (χ4n) is 6.02. The number of rotatable bonds is 3. The van der Waals surface area contributed by atoms with E-state index in [2.05, 4.69) is 16.4 Å². The molecular weight excluding hydrogens is 429 g/mol. The molecule has 0 bridgehead atoms. The van der Waals surface area contributed by atoms with E-state index in [9.17, 15) is 18.0 Å². The molecule has 1 aromatic carbocycles. The average Bonchev–Trinajstić information content (AvgIpc) is 3.09. The number of piperidine rings is 1. The Morgan fingerprint density at radius 1 is 1.18 bits per heavy atom. The summed E-state index contributed by atoms with van der Waals surface area (Å²) in [5.41, 5.74) is 1.19. The minimum atomic E-state index is -4.38. The van der Waals surface area contributed by atoms with Crippen LogP contribution in [0.15, 0.2) is 48.7 Å².